The second kappa shape index (κ2) is 6.26. The van der Waals surface area contributed by atoms with Gasteiger partial charge in [-0.2, -0.15) is 4.91 Å². The number of hydrogen-bond donors (Lipinski definition) is 1. The van der Waals surface area contributed by atoms with E-state index in [9.17, 15) is 18.9 Å². The molecule has 0 aromatic heterocycles. The molecular formula is C15H15FN4O4. The fraction of sp³-hybridized carbons (Fsp3) is 0.333. The van der Waals surface area contributed by atoms with Crippen molar-refractivity contribution in [1.82, 2.24) is 0 Å². The van der Waals surface area contributed by atoms with E-state index in [0.717, 1.165) is 4.90 Å². The predicted molar refractivity (Wildman–Crippen MR) is 83.9 cm³/mol. The lowest BCUT2D eigenvalue weighted by Gasteiger charge is -2.26. The molecule has 9 heteroatoms. The summed E-state index contributed by atoms with van der Waals surface area (Å²) in [6.07, 6.45) is 1.93. The molecule has 0 bridgehead atoms. The van der Waals surface area contributed by atoms with Crippen LogP contribution >= 0.6 is 0 Å². The van der Waals surface area contributed by atoms with Crippen molar-refractivity contribution < 1.29 is 18.7 Å². The average Bonchev–Trinajstić information content (AvgIpc) is 2.97. The smallest absolute Gasteiger partial charge is 0.415 e. The first-order valence-corrected chi connectivity index (χ1v) is 7.34. The van der Waals surface area contributed by atoms with Crippen LogP contribution in [0.4, 0.5) is 20.6 Å². The number of hydrogen-bond acceptors (Lipinski definition) is 6. The Hall–Kier alpha value is -2.97. The minimum Gasteiger partial charge on any atom is -0.434 e. The van der Waals surface area contributed by atoms with Gasteiger partial charge in [-0.25, -0.2) is 9.18 Å². The Kier molecular flexibility index (Phi) is 4.15. The third-order valence-electron chi connectivity index (χ3n) is 3.97. The van der Waals surface area contributed by atoms with Gasteiger partial charge < -0.3 is 15.4 Å². The fourth-order valence-corrected chi connectivity index (χ4v) is 2.65. The number of cyclic esters (lactones) is 1. The Labute approximate surface area is 136 Å². The molecule has 0 saturated carbocycles. The molecular weight excluding hydrogens is 319 g/mol. The van der Waals surface area contributed by atoms with Crippen molar-refractivity contribution in [3.8, 4) is 0 Å². The third kappa shape index (κ3) is 2.92. The molecule has 0 spiro atoms. The maximum absolute atomic E-state index is 14.4. The van der Waals surface area contributed by atoms with E-state index in [2.05, 4.69) is 5.18 Å². The lowest BCUT2D eigenvalue weighted by molar-refractivity contribution is -0.124. The molecule has 126 valence electrons. The van der Waals surface area contributed by atoms with Crippen molar-refractivity contribution >= 4 is 23.4 Å². The summed E-state index contributed by atoms with van der Waals surface area (Å²) in [5.41, 5.74) is 5.71. The third-order valence-corrected chi connectivity index (χ3v) is 3.97. The average molecular weight is 334 g/mol. The summed E-state index contributed by atoms with van der Waals surface area (Å²) in [5.74, 6) is -1.29. The summed E-state index contributed by atoms with van der Waals surface area (Å²) in [6.45, 7) is 0.405. The Bertz CT molecular complexity index is 723. The summed E-state index contributed by atoms with van der Waals surface area (Å²) in [4.78, 5) is 36.2. The van der Waals surface area contributed by atoms with Gasteiger partial charge in [-0.3, -0.25) is 9.69 Å². The first kappa shape index (κ1) is 15.9. The van der Waals surface area contributed by atoms with Crippen molar-refractivity contribution in [1.29, 1.82) is 0 Å². The molecule has 3 rings (SSSR count). The van der Waals surface area contributed by atoms with Gasteiger partial charge >= 0.3 is 6.09 Å². The van der Waals surface area contributed by atoms with E-state index in [1.165, 1.54) is 12.1 Å². The maximum atomic E-state index is 14.4. The largest absolute Gasteiger partial charge is 0.434 e. The molecule has 2 heterocycles. The molecule has 2 aliphatic rings. The minimum absolute atomic E-state index is 0.0523. The maximum Gasteiger partial charge on any atom is 0.415 e. The van der Waals surface area contributed by atoms with Crippen molar-refractivity contribution in [2.75, 3.05) is 22.9 Å². The molecule has 2 aliphatic heterocycles. The number of halogens is 1. The van der Waals surface area contributed by atoms with Crippen molar-refractivity contribution in [2.45, 2.75) is 18.6 Å². The number of nitrogens with zero attached hydrogens (tertiary/aromatic N) is 3. The van der Waals surface area contributed by atoms with E-state index in [4.69, 9.17) is 10.5 Å². The highest BCUT2D eigenvalue weighted by molar-refractivity contribution is 5.95. The zero-order chi connectivity index (χ0) is 17.3. The zero-order valence-electron chi connectivity index (χ0n) is 12.6. The number of amides is 2. The number of ether oxygens (including phenoxy) is 1. The van der Waals surface area contributed by atoms with E-state index in [1.807, 2.05) is 0 Å². The number of primary amides is 1. The fourth-order valence-electron chi connectivity index (χ4n) is 2.65. The van der Waals surface area contributed by atoms with Gasteiger partial charge in [0, 0.05) is 12.7 Å². The summed E-state index contributed by atoms with van der Waals surface area (Å²) in [5, 5.41) is 2.94. The SMILES string of the molecule is NC(=O)[C@H]1CN(c2ccc(N3C=CC(N=O)CC3)c(F)c2)C(=O)O1. The molecule has 1 unspecified atom stereocenters. The van der Waals surface area contributed by atoms with Gasteiger partial charge in [0.05, 0.1) is 17.9 Å². The van der Waals surface area contributed by atoms with E-state index in [0.29, 0.717) is 18.7 Å². The molecule has 0 aliphatic carbocycles. The van der Waals surface area contributed by atoms with Crippen LogP contribution in [0.1, 0.15) is 6.42 Å². The number of rotatable bonds is 4. The minimum atomic E-state index is -1.04. The number of nitrogens with two attached hydrogens (primary N) is 1. The lowest BCUT2D eigenvalue weighted by atomic mass is 10.1. The van der Waals surface area contributed by atoms with Crippen molar-refractivity contribution in [3.05, 3.63) is 41.2 Å². The molecule has 2 amide bonds. The van der Waals surface area contributed by atoms with E-state index in [-0.39, 0.29) is 12.2 Å². The van der Waals surface area contributed by atoms with Crippen LogP contribution in [0.25, 0.3) is 0 Å². The molecule has 1 fully saturated rings. The van der Waals surface area contributed by atoms with Gasteiger partial charge in [-0.05, 0) is 30.7 Å². The van der Waals surface area contributed by atoms with E-state index in [1.54, 1.807) is 23.2 Å². The summed E-state index contributed by atoms with van der Waals surface area (Å²) in [7, 11) is 0. The number of benzene rings is 1. The van der Waals surface area contributed by atoms with E-state index < -0.39 is 30.0 Å². The normalized spacial score (nSPS) is 23.3. The number of anilines is 2. The van der Waals surface area contributed by atoms with Crippen LogP contribution in [0.3, 0.4) is 0 Å². The van der Waals surface area contributed by atoms with Gasteiger partial charge in [0.15, 0.2) is 6.10 Å². The predicted octanol–water partition coefficient (Wildman–Crippen LogP) is 1.50. The molecule has 8 nitrogen and oxygen atoms in total. The van der Waals surface area contributed by atoms with Crippen LogP contribution in [0.5, 0.6) is 0 Å². The lowest BCUT2D eigenvalue weighted by Crippen LogP contribution is -2.32. The van der Waals surface area contributed by atoms with Crippen LogP contribution in [0.15, 0.2) is 35.7 Å². The second-order valence-electron chi connectivity index (χ2n) is 5.52. The second-order valence-corrected chi connectivity index (χ2v) is 5.52. The van der Waals surface area contributed by atoms with Gasteiger partial charge in [0.1, 0.15) is 11.9 Å². The molecule has 0 radical (unpaired) electrons. The Morgan fingerprint density at radius 1 is 1.42 bits per heavy atom. The van der Waals surface area contributed by atoms with Crippen molar-refractivity contribution in [3.63, 3.8) is 0 Å². The van der Waals surface area contributed by atoms with Gasteiger partial charge in [0.25, 0.3) is 5.91 Å². The number of nitroso groups, excluding NO2 is 1. The molecule has 1 saturated heterocycles. The quantitative estimate of drug-likeness (QED) is 0.840. The highest BCUT2D eigenvalue weighted by atomic mass is 19.1. The standard InChI is InChI=1S/C15H15FN4O4/c16-11-7-10(20-8-13(14(17)21)24-15(20)22)1-2-12(11)19-5-3-9(18-23)4-6-19/h1-3,5,7,9,13H,4,6,8H2,(H2,17,21)/t9?,13-/m1/s1. The molecule has 1 aromatic rings. The first-order chi connectivity index (χ1) is 11.5. The highest BCUT2D eigenvalue weighted by Gasteiger charge is 2.36. The molecule has 2 N–H and O–H groups in total. The Morgan fingerprint density at radius 2 is 2.21 bits per heavy atom. The highest BCUT2D eigenvalue weighted by Crippen LogP contribution is 2.29. The molecule has 1 aromatic carbocycles. The van der Waals surface area contributed by atoms with Crippen LogP contribution in [0, 0.1) is 10.7 Å². The van der Waals surface area contributed by atoms with E-state index >= 15 is 0 Å². The summed E-state index contributed by atoms with van der Waals surface area (Å²) < 4.78 is 19.2. The van der Waals surface area contributed by atoms with Crippen molar-refractivity contribution in [2.24, 2.45) is 10.9 Å². The number of carbonyl (C=O) groups excluding carboxylic acids is 2. The first-order valence-electron chi connectivity index (χ1n) is 7.34. The summed E-state index contributed by atoms with van der Waals surface area (Å²) >= 11 is 0. The molecule has 2 atom stereocenters. The van der Waals surface area contributed by atoms with Crippen LogP contribution in [-0.4, -0.2) is 37.2 Å². The van der Waals surface area contributed by atoms with Gasteiger partial charge in [-0.15, -0.1) is 0 Å². The Morgan fingerprint density at radius 3 is 2.75 bits per heavy atom. The molecule has 24 heavy (non-hydrogen) atoms. The zero-order valence-corrected chi connectivity index (χ0v) is 12.6. The van der Waals surface area contributed by atoms with Gasteiger partial charge in [0.2, 0.25) is 0 Å². The number of carbonyl (C=O) groups is 2. The van der Waals surface area contributed by atoms with Crippen LogP contribution in [-0.2, 0) is 9.53 Å². The van der Waals surface area contributed by atoms with Gasteiger partial charge in [-0.1, -0.05) is 5.18 Å². The topological polar surface area (TPSA) is 105 Å². The van der Waals surface area contributed by atoms with Crippen LogP contribution < -0.4 is 15.5 Å². The Balaban J connectivity index is 1.79. The summed E-state index contributed by atoms with van der Waals surface area (Å²) in [6, 6.07) is 3.88. The monoisotopic (exact) mass is 334 g/mol. The van der Waals surface area contributed by atoms with Crippen LogP contribution in [0.2, 0.25) is 0 Å².